The molecule has 0 unspecified atom stereocenters. The number of para-hydroxylation sites is 1. The maximum Gasteiger partial charge on any atom is 0.238 e. The van der Waals surface area contributed by atoms with Gasteiger partial charge in [-0.2, -0.15) is 0 Å². The van der Waals surface area contributed by atoms with Crippen molar-refractivity contribution in [2.45, 2.75) is 16.7 Å². The van der Waals surface area contributed by atoms with E-state index < -0.39 is 15.8 Å². The Bertz CT molecular complexity index is 1150. The van der Waals surface area contributed by atoms with Crippen molar-refractivity contribution in [3.05, 3.63) is 60.2 Å². The van der Waals surface area contributed by atoms with E-state index in [0.29, 0.717) is 5.69 Å². The van der Waals surface area contributed by atoms with Crippen molar-refractivity contribution in [1.29, 1.82) is 0 Å². The van der Waals surface area contributed by atoms with Crippen molar-refractivity contribution in [1.82, 2.24) is 14.9 Å². The highest BCUT2D eigenvalue weighted by atomic mass is 32.2. The lowest BCUT2D eigenvalue weighted by atomic mass is 10.3. The highest BCUT2D eigenvalue weighted by molar-refractivity contribution is 7.99. The Morgan fingerprint density at radius 2 is 1.87 bits per heavy atom. The largest absolute Gasteiger partial charge is 0.482 e. The number of nitrogens with one attached hydrogen (secondary N) is 1. The zero-order valence-electron chi connectivity index (χ0n) is 15.4. The van der Waals surface area contributed by atoms with Crippen LogP contribution >= 0.6 is 11.8 Å². The van der Waals surface area contributed by atoms with Gasteiger partial charge in [0.2, 0.25) is 21.1 Å². The number of halogens is 1. The summed E-state index contributed by atoms with van der Waals surface area (Å²) in [6.07, 6.45) is 0. The molecule has 1 heterocycles. The lowest BCUT2D eigenvalue weighted by Crippen LogP contribution is -2.18. The zero-order valence-corrected chi connectivity index (χ0v) is 17.0. The number of nitrogen functional groups attached to an aromatic ring is 1. The monoisotopic (exact) mass is 452 g/mol. The Kier molecular flexibility index (Phi) is 6.54. The first-order chi connectivity index (χ1) is 14.2. The third-order valence-corrected chi connectivity index (χ3v) is 5.60. The molecule has 13 heteroatoms. The van der Waals surface area contributed by atoms with Gasteiger partial charge in [-0.3, -0.25) is 4.79 Å². The molecule has 0 bridgehead atoms. The van der Waals surface area contributed by atoms with E-state index in [1.807, 2.05) is 0 Å². The number of rotatable bonds is 8. The van der Waals surface area contributed by atoms with Crippen molar-refractivity contribution in [3.63, 3.8) is 0 Å². The second-order valence-corrected chi connectivity index (χ2v) is 8.40. The second-order valence-electron chi connectivity index (χ2n) is 5.89. The lowest BCUT2D eigenvalue weighted by molar-refractivity contribution is -0.113. The van der Waals surface area contributed by atoms with Gasteiger partial charge in [0.15, 0.2) is 17.4 Å². The minimum atomic E-state index is -3.80. The molecule has 3 rings (SSSR count). The molecule has 1 aromatic heterocycles. The average Bonchev–Trinajstić information content (AvgIpc) is 3.05. The van der Waals surface area contributed by atoms with Gasteiger partial charge < -0.3 is 15.9 Å². The number of hydrogen-bond donors (Lipinski definition) is 3. The molecule has 0 fully saturated rings. The summed E-state index contributed by atoms with van der Waals surface area (Å²) < 4.78 is 42.5. The van der Waals surface area contributed by atoms with E-state index in [4.69, 9.17) is 15.7 Å². The first kappa shape index (κ1) is 21.5. The van der Waals surface area contributed by atoms with Crippen LogP contribution in [0.5, 0.6) is 5.75 Å². The number of benzene rings is 2. The quantitative estimate of drug-likeness (QED) is 0.339. The number of thioether (sulfide) groups is 1. The molecule has 3 aromatic rings. The van der Waals surface area contributed by atoms with Gasteiger partial charge in [-0.25, -0.2) is 22.6 Å². The fraction of sp³-hybridized carbons (Fsp3) is 0.118. The van der Waals surface area contributed by atoms with Crippen LogP contribution in [0.25, 0.3) is 0 Å². The van der Waals surface area contributed by atoms with Gasteiger partial charge in [-0.1, -0.05) is 23.9 Å². The topological polar surface area (TPSA) is 155 Å². The van der Waals surface area contributed by atoms with Crippen LogP contribution in [0.4, 0.5) is 10.1 Å². The SMILES string of the molecule is Nn1c(COc2ccccc2F)nnc1SCC(=O)Nc1ccc(S(N)(=O)=O)cc1. The number of carbonyl (C=O) groups excluding carboxylic acids is 1. The maximum atomic E-state index is 13.6. The first-order valence-corrected chi connectivity index (χ1v) is 10.9. The number of nitrogens with zero attached hydrogens (tertiary/aromatic N) is 3. The zero-order chi connectivity index (χ0) is 21.7. The standard InChI is InChI=1S/C17H17FN6O4S2/c18-13-3-1-2-4-14(13)28-9-15-22-23-17(24(15)19)29-10-16(25)21-11-5-7-12(8-6-11)30(20,26)27/h1-8H,9-10,19H2,(H,21,25)(H2,20,26,27). The average molecular weight is 452 g/mol. The fourth-order valence-corrected chi connectivity index (χ4v) is 3.45. The Morgan fingerprint density at radius 3 is 2.53 bits per heavy atom. The molecule has 10 nitrogen and oxygen atoms in total. The molecule has 1 amide bonds. The van der Waals surface area contributed by atoms with E-state index >= 15 is 0 Å². The molecule has 0 radical (unpaired) electrons. The van der Waals surface area contributed by atoms with Crippen LogP contribution in [-0.4, -0.2) is 35.0 Å². The number of carbonyl (C=O) groups is 1. The molecule has 0 atom stereocenters. The van der Waals surface area contributed by atoms with Gasteiger partial charge in [0.25, 0.3) is 0 Å². The summed E-state index contributed by atoms with van der Waals surface area (Å²) in [7, 11) is -3.80. The summed E-state index contributed by atoms with van der Waals surface area (Å²) >= 11 is 1.03. The Labute approximate surface area is 175 Å². The van der Waals surface area contributed by atoms with Gasteiger partial charge >= 0.3 is 0 Å². The molecule has 0 spiro atoms. The number of amides is 1. The Hall–Kier alpha value is -3.16. The highest BCUT2D eigenvalue weighted by Crippen LogP contribution is 2.19. The Morgan fingerprint density at radius 1 is 1.17 bits per heavy atom. The van der Waals surface area contributed by atoms with E-state index in [-0.39, 0.29) is 39.9 Å². The van der Waals surface area contributed by atoms with Crippen LogP contribution in [0.3, 0.4) is 0 Å². The first-order valence-electron chi connectivity index (χ1n) is 8.36. The summed E-state index contributed by atoms with van der Waals surface area (Å²) in [4.78, 5) is 12.0. The minimum Gasteiger partial charge on any atom is -0.482 e. The molecule has 2 aromatic carbocycles. The van der Waals surface area contributed by atoms with E-state index in [1.165, 1.54) is 36.4 Å². The van der Waals surface area contributed by atoms with Crippen molar-refractivity contribution in [2.75, 3.05) is 16.9 Å². The number of primary sulfonamides is 1. The fourth-order valence-electron chi connectivity index (χ4n) is 2.26. The number of ether oxygens (including phenoxy) is 1. The van der Waals surface area contributed by atoms with Gasteiger partial charge in [-0.05, 0) is 36.4 Å². The number of sulfonamides is 1. The number of anilines is 1. The summed E-state index contributed by atoms with van der Waals surface area (Å²) in [6, 6.07) is 11.3. The van der Waals surface area contributed by atoms with Gasteiger partial charge in [0.1, 0.15) is 6.61 Å². The smallest absolute Gasteiger partial charge is 0.238 e. The maximum absolute atomic E-state index is 13.6. The summed E-state index contributed by atoms with van der Waals surface area (Å²) in [5, 5.41) is 15.7. The third-order valence-electron chi connectivity index (χ3n) is 3.73. The second kappa shape index (κ2) is 9.11. The molecule has 30 heavy (non-hydrogen) atoms. The summed E-state index contributed by atoms with van der Waals surface area (Å²) in [6.45, 7) is -0.104. The minimum absolute atomic E-state index is 0.0273. The molecule has 5 N–H and O–H groups in total. The lowest BCUT2D eigenvalue weighted by Gasteiger charge is -2.07. The normalized spacial score (nSPS) is 11.3. The van der Waals surface area contributed by atoms with Gasteiger partial charge in [0, 0.05) is 5.69 Å². The number of hydrogen-bond acceptors (Lipinski definition) is 8. The number of aromatic nitrogens is 3. The van der Waals surface area contributed by atoms with E-state index in [2.05, 4.69) is 15.5 Å². The summed E-state index contributed by atoms with van der Waals surface area (Å²) in [5.41, 5.74) is 0.404. The molecule has 0 aliphatic carbocycles. The molecule has 0 saturated heterocycles. The molecule has 0 saturated carbocycles. The molecule has 0 aliphatic rings. The highest BCUT2D eigenvalue weighted by Gasteiger charge is 2.14. The van der Waals surface area contributed by atoms with Crippen LogP contribution in [0.1, 0.15) is 5.82 Å². The van der Waals surface area contributed by atoms with Crippen molar-refractivity contribution >= 4 is 33.4 Å². The van der Waals surface area contributed by atoms with Crippen LogP contribution in [0.2, 0.25) is 0 Å². The van der Waals surface area contributed by atoms with Gasteiger partial charge in [0.05, 0.1) is 10.6 Å². The third kappa shape index (κ3) is 5.46. The van der Waals surface area contributed by atoms with E-state index in [1.54, 1.807) is 12.1 Å². The van der Waals surface area contributed by atoms with Crippen molar-refractivity contribution < 1.29 is 22.3 Å². The van der Waals surface area contributed by atoms with Crippen LogP contribution < -0.4 is 21.0 Å². The van der Waals surface area contributed by atoms with Crippen LogP contribution in [0.15, 0.2) is 58.6 Å². The summed E-state index contributed by atoms with van der Waals surface area (Å²) in [5.74, 6) is 5.30. The van der Waals surface area contributed by atoms with Crippen LogP contribution in [0, 0.1) is 5.82 Å². The molecule has 158 valence electrons. The predicted molar refractivity (Wildman–Crippen MR) is 108 cm³/mol. The molecular weight excluding hydrogens is 435 g/mol. The van der Waals surface area contributed by atoms with Crippen molar-refractivity contribution in [2.24, 2.45) is 5.14 Å². The van der Waals surface area contributed by atoms with Crippen LogP contribution in [-0.2, 0) is 21.4 Å². The predicted octanol–water partition coefficient (Wildman–Crippen LogP) is 1.09. The molecular formula is C17H17FN6O4S2. The van der Waals surface area contributed by atoms with E-state index in [0.717, 1.165) is 16.4 Å². The van der Waals surface area contributed by atoms with E-state index in [9.17, 15) is 17.6 Å². The Balaban J connectivity index is 1.53. The number of nitrogens with two attached hydrogens (primary N) is 2. The van der Waals surface area contributed by atoms with Gasteiger partial charge in [-0.15, -0.1) is 10.2 Å². The van der Waals surface area contributed by atoms with Crippen molar-refractivity contribution in [3.8, 4) is 5.75 Å². The molecule has 0 aliphatic heterocycles.